The number of hydrogen-bond donors (Lipinski definition) is 2. The fourth-order valence-corrected chi connectivity index (χ4v) is 2.32. The van der Waals surface area contributed by atoms with Crippen molar-refractivity contribution in [3.05, 3.63) is 12.2 Å². The number of carbonyl (C=O) groups excluding carboxylic acids is 1. The number of esters is 1. The number of unbranched alkanes of at least 4 members (excludes halogenated alkanes) is 5. The molecule has 0 atom stereocenters. The lowest BCUT2D eigenvalue weighted by molar-refractivity contribution is -0.142. The molecule has 4 nitrogen and oxygen atoms in total. The number of hydrogen-bond acceptors (Lipinski definition) is 4. The Bertz CT molecular complexity index is 307. The van der Waals surface area contributed by atoms with Crippen LogP contribution in [0.15, 0.2) is 12.2 Å². The van der Waals surface area contributed by atoms with E-state index in [0.717, 1.165) is 18.6 Å². The summed E-state index contributed by atoms with van der Waals surface area (Å²) in [5, 5.41) is 10.6. The van der Waals surface area contributed by atoms with Crippen LogP contribution in [-0.4, -0.2) is 30.5 Å². The van der Waals surface area contributed by atoms with Crippen LogP contribution in [0.4, 0.5) is 0 Å². The van der Waals surface area contributed by atoms with Crippen molar-refractivity contribution in [2.75, 3.05) is 19.4 Å². The first kappa shape index (κ1) is 20.0. The molecular formula is C16H30N2O2S. The van der Waals surface area contributed by atoms with Crippen molar-refractivity contribution in [1.82, 2.24) is 5.32 Å². The third kappa shape index (κ3) is 15.2. The molecule has 0 aliphatic carbocycles. The van der Waals surface area contributed by atoms with E-state index in [0.29, 0.717) is 18.2 Å². The van der Waals surface area contributed by atoms with Crippen molar-refractivity contribution in [2.24, 2.45) is 0 Å². The number of allylic oxidation sites excluding steroid dienone is 1. The summed E-state index contributed by atoms with van der Waals surface area (Å²) in [7, 11) is 1.73. The minimum atomic E-state index is -0.161. The van der Waals surface area contributed by atoms with E-state index in [2.05, 4.69) is 18.3 Å². The number of thioether (sulfide) groups is 1. The highest BCUT2D eigenvalue weighted by atomic mass is 32.2. The summed E-state index contributed by atoms with van der Waals surface area (Å²) in [6.45, 7) is 2.66. The van der Waals surface area contributed by atoms with Crippen molar-refractivity contribution in [2.45, 2.75) is 58.3 Å². The van der Waals surface area contributed by atoms with Gasteiger partial charge in [-0.25, -0.2) is 0 Å². The van der Waals surface area contributed by atoms with E-state index in [1.807, 2.05) is 6.08 Å². The third-order valence-corrected chi connectivity index (χ3v) is 3.94. The maximum Gasteiger partial charge on any atom is 0.309 e. The zero-order valence-corrected chi connectivity index (χ0v) is 14.3. The summed E-state index contributed by atoms with van der Waals surface area (Å²) in [5.74, 6) is 0.631. The van der Waals surface area contributed by atoms with Gasteiger partial charge in [0, 0.05) is 12.8 Å². The number of amidine groups is 1. The lowest BCUT2D eigenvalue weighted by Gasteiger charge is -2.04. The zero-order valence-electron chi connectivity index (χ0n) is 13.5. The normalized spacial score (nSPS) is 10.8. The van der Waals surface area contributed by atoms with Gasteiger partial charge >= 0.3 is 5.97 Å². The monoisotopic (exact) mass is 314 g/mol. The van der Waals surface area contributed by atoms with E-state index >= 15 is 0 Å². The third-order valence-electron chi connectivity index (χ3n) is 2.95. The molecule has 122 valence electrons. The summed E-state index contributed by atoms with van der Waals surface area (Å²) < 4.78 is 5.12. The van der Waals surface area contributed by atoms with E-state index in [9.17, 15) is 4.79 Å². The van der Waals surface area contributed by atoms with Crippen LogP contribution >= 0.6 is 11.8 Å². The molecule has 0 aromatic carbocycles. The smallest absolute Gasteiger partial charge is 0.309 e. The van der Waals surface area contributed by atoms with Gasteiger partial charge in [0.05, 0.1) is 13.0 Å². The molecule has 0 amide bonds. The van der Waals surface area contributed by atoms with Gasteiger partial charge < -0.3 is 10.1 Å². The lowest BCUT2D eigenvalue weighted by atomic mass is 10.1. The van der Waals surface area contributed by atoms with E-state index in [-0.39, 0.29) is 5.97 Å². The zero-order chi connectivity index (χ0) is 15.8. The number of nitrogens with one attached hydrogen (secondary N) is 2. The van der Waals surface area contributed by atoms with Crippen LogP contribution < -0.4 is 5.32 Å². The summed E-state index contributed by atoms with van der Waals surface area (Å²) in [6.07, 6.45) is 12.6. The quantitative estimate of drug-likeness (QED) is 0.187. The number of rotatable bonds is 12. The fraction of sp³-hybridized carbons (Fsp3) is 0.750. The molecule has 0 aliphatic rings. The highest BCUT2D eigenvalue weighted by Gasteiger charge is 2.00. The minimum Gasteiger partial charge on any atom is -0.465 e. The molecule has 0 aliphatic heterocycles. The standard InChI is InChI=1S/C16H30N2O2S/c1-3-4-5-6-7-8-9-10-12-15(19)20-13-11-14-21-16(17)18-2/h9-10H,3-8,11-14H2,1-2H3,(H2,17,18)/b10-9+. The number of ether oxygens (including phenoxy) is 1. The molecule has 0 spiro atoms. The molecule has 0 saturated heterocycles. The summed E-state index contributed by atoms with van der Waals surface area (Å²) >= 11 is 1.43. The maximum absolute atomic E-state index is 11.4. The molecule has 0 unspecified atom stereocenters. The SMILES string of the molecule is CCCCCCC/C=C/CC(=O)OCCCSC(=N)NC. The van der Waals surface area contributed by atoms with Crippen molar-refractivity contribution >= 4 is 22.9 Å². The molecule has 0 aromatic heterocycles. The van der Waals surface area contributed by atoms with Crippen molar-refractivity contribution in [1.29, 1.82) is 5.41 Å². The van der Waals surface area contributed by atoms with Gasteiger partial charge in [-0.05, 0) is 19.3 Å². The molecule has 0 heterocycles. The molecule has 0 bridgehead atoms. The van der Waals surface area contributed by atoms with Gasteiger partial charge in [0.25, 0.3) is 0 Å². The Balaban J connectivity index is 3.35. The van der Waals surface area contributed by atoms with Crippen LogP contribution in [0.2, 0.25) is 0 Å². The van der Waals surface area contributed by atoms with Crippen LogP contribution in [0.3, 0.4) is 0 Å². The molecule has 0 rings (SSSR count). The van der Waals surface area contributed by atoms with Crippen LogP contribution in [0.5, 0.6) is 0 Å². The second-order valence-electron chi connectivity index (χ2n) is 4.88. The maximum atomic E-state index is 11.4. The van der Waals surface area contributed by atoms with Gasteiger partial charge in [0.15, 0.2) is 5.17 Å². The Morgan fingerprint density at radius 2 is 1.95 bits per heavy atom. The van der Waals surface area contributed by atoms with E-state index < -0.39 is 0 Å². The van der Waals surface area contributed by atoms with Gasteiger partial charge in [-0.1, -0.05) is 56.5 Å². The fourth-order valence-electron chi connectivity index (χ4n) is 1.71. The average molecular weight is 314 g/mol. The molecule has 0 radical (unpaired) electrons. The first-order valence-corrected chi connectivity index (χ1v) is 8.89. The average Bonchev–Trinajstić information content (AvgIpc) is 2.49. The van der Waals surface area contributed by atoms with Crippen molar-refractivity contribution in [3.63, 3.8) is 0 Å². The van der Waals surface area contributed by atoms with Crippen LogP contribution in [0.1, 0.15) is 58.3 Å². The Labute approximate surface area is 133 Å². The molecule has 0 fully saturated rings. The minimum absolute atomic E-state index is 0.161. The Hall–Kier alpha value is -0.970. The molecule has 21 heavy (non-hydrogen) atoms. The summed E-state index contributed by atoms with van der Waals surface area (Å²) in [6, 6.07) is 0. The van der Waals surface area contributed by atoms with Crippen molar-refractivity contribution < 1.29 is 9.53 Å². The second-order valence-corrected chi connectivity index (χ2v) is 5.99. The Morgan fingerprint density at radius 3 is 2.67 bits per heavy atom. The molecule has 0 saturated carbocycles. The second kappa shape index (κ2) is 15.4. The molecular weight excluding hydrogens is 284 g/mol. The van der Waals surface area contributed by atoms with Crippen molar-refractivity contribution in [3.8, 4) is 0 Å². The first-order valence-electron chi connectivity index (χ1n) is 7.90. The highest BCUT2D eigenvalue weighted by molar-refractivity contribution is 8.13. The lowest BCUT2D eigenvalue weighted by Crippen LogP contribution is -2.13. The van der Waals surface area contributed by atoms with E-state index in [1.54, 1.807) is 7.05 Å². The predicted octanol–water partition coefficient (Wildman–Crippen LogP) is 4.11. The largest absolute Gasteiger partial charge is 0.465 e. The molecule has 2 N–H and O–H groups in total. The summed E-state index contributed by atoms with van der Waals surface area (Å²) in [5.41, 5.74) is 0. The van der Waals surface area contributed by atoms with Crippen LogP contribution in [-0.2, 0) is 9.53 Å². The molecule has 5 heteroatoms. The predicted molar refractivity (Wildman–Crippen MR) is 92.0 cm³/mol. The Kier molecular flexibility index (Phi) is 14.7. The van der Waals surface area contributed by atoms with Gasteiger partial charge in [0.1, 0.15) is 0 Å². The first-order chi connectivity index (χ1) is 10.2. The highest BCUT2D eigenvalue weighted by Crippen LogP contribution is 2.06. The van der Waals surface area contributed by atoms with E-state index in [1.165, 1.54) is 43.9 Å². The Morgan fingerprint density at radius 1 is 1.19 bits per heavy atom. The summed E-state index contributed by atoms with van der Waals surface area (Å²) in [4.78, 5) is 11.4. The van der Waals surface area contributed by atoms with Gasteiger partial charge in [-0.15, -0.1) is 0 Å². The number of carbonyl (C=O) groups is 1. The van der Waals surface area contributed by atoms with Gasteiger partial charge in [-0.2, -0.15) is 0 Å². The van der Waals surface area contributed by atoms with Crippen LogP contribution in [0.25, 0.3) is 0 Å². The van der Waals surface area contributed by atoms with Gasteiger partial charge in [-0.3, -0.25) is 10.2 Å². The van der Waals surface area contributed by atoms with Gasteiger partial charge in [0.2, 0.25) is 0 Å². The molecule has 0 aromatic rings. The van der Waals surface area contributed by atoms with E-state index in [4.69, 9.17) is 10.1 Å². The topological polar surface area (TPSA) is 62.2 Å². The van der Waals surface area contributed by atoms with Crippen LogP contribution in [0, 0.1) is 5.41 Å².